The fourth-order valence-electron chi connectivity index (χ4n) is 4.20. The number of pyridine rings is 1. The fourth-order valence-corrected chi connectivity index (χ4v) is 4.20. The third-order valence-corrected chi connectivity index (χ3v) is 5.39. The quantitative estimate of drug-likeness (QED) is 0.859. The summed E-state index contributed by atoms with van der Waals surface area (Å²) in [5.41, 5.74) is 6.42. The lowest BCUT2D eigenvalue weighted by Crippen LogP contribution is -2.48. The molecular formula is C19H30N4O3. The van der Waals surface area contributed by atoms with Crippen molar-refractivity contribution in [1.82, 2.24) is 9.88 Å². The minimum Gasteiger partial charge on any atom is -0.473 e. The molecule has 3 heterocycles. The number of carbonyl (C=O) groups is 1. The van der Waals surface area contributed by atoms with Crippen LogP contribution in [0.5, 0.6) is 5.88 Å². The predicted octanol–water partition coefficient (Wildman–Crippen LogP) is 3.05. The van der Waals surface area contributed by atoms with E-state index in [0.29, 0.717) is 24.0 Å². The van der Waals surface area contributed by atoms with E-state index < -0.39 is 6.09 Å². The Morgan fingerprint density at radius 2 is 2.04 bits per heavy atom. The second-order valence-electron chi connectivity index (χ2n) is 8.77. The SMILES string of the molecule is CC(C)Oc1nc(N2C[C@@H]3CC(C(C)(C)C)N(C(=O)O)[C@@H]3C2)ccc1N. The Kier molecular flexibility index (Phi) is 4.67. The first-order chi connectivity index (χ1) is 12.1. The maximum absolute atomic E-state index is 11.9. The average molecular weight is 362 g/mol. The first-order valence-electron chi connectivity index (χ1n) is 9.27. The van der Waals surface area contributed by atoms with Gasteiger partial charge in [-0.2, -0.15) is 4.98 Å². The summed E-state index contributed by atoms with van der Waals surface area (Å²) < 4.78 is 5.69. The van der Waals surface area contributed by atoms with Gasteiger partial charge in [0.05, 0.1) is 17.8 Å². The molecule has 0 bridgehead atoms. The number of hydrogen-bond donors (Lipinski definition) is 2. The average Bonchev–Trinajstić information content (AvgIpc) is 3.05. The van der Waals surface area contributed by atoms with Gasteiger partial charge in [0.15, 0.2) is 0 Å². The number of nitrogens with zero attached hydrogens (tertiary/aromatic N) is 3. The van der Waals surface area contributed by atoms with Crippen molar-refractivity contribution >= 4 is 17.6 Å². The Balaban J connectivity index is 1.81. The van der Waals surface area contributed by atoms with Gasteiger partial charge in [0.2, 0.25) is 5.88 Å². The first-order valence-corrected chi connectivity index (χ1v) is 9.27. The van der Waals surface area contributed by atoms with Crippen molar-refractivity contribution in [2.45, 2.75) is 59.2 Å². The van der Waals surface area contributed by atoms with Crippen molar-refractivity contribution in [1.29, 1.82) is 0 Å². The predicted molar refractivity (Wildman–Crippen MR) is 102 cm³/mol. The number of fused-ring (bicyclic) bond motifs is 1. The number of ether oxygens (including phenoxy) is 1. The van der Waals surface area contributed by atoms with E-state index >= 15 is 0 Å². The van der Waals surface area contributed by atoms with E-state index in [1.165, 1.54) is 0 Å². The Morgan fingerprint density at radius 3 is 2.62 bits per heavy atom. The molecule has 3 N–H and O–H groups in total. The highest BCUT2D eigenvalue weighted by atomic mass is 16.5. The van der Waals surface area contributed by atoms with Crippen LogP contribution in [0.3, 0.4) is 0 Å². The van der Waals surface area contributed by atoms with Crippen LogP contribution in [0.4, 0.5) is 16.3 Å². The molecule has 2 aliphatic heterocycles. The molecule has 7 nitrogen and oxygen atoms in total. The van der Waals surface area contributed by atoms with E-state index in [1.807, 2.05) is 19.9 Å². The van der Waals surface area contributed by atoms with Gasteiger partial charge in [-0.25, -0.2) is 4.79 Å². The molecule has 3 rings (SSSR count). The van der Waals surface area contributed by atoms with Crippen molar-refractivity contribution < 1.29 is 14.6 Å². The molecule has 2 fully saturated rings. The van der Waals surface area contributed by atoms with Crippen LogP contribution in [-0.4, -0.2) is 52.4 Å². The van der Waals surface area contributed by atoms with E-state index in [-0.39, 0.29) is 23.6 Å². The molecule has 1 aromatic rings. The standard InChI is InChI=1S/C19H30N4O3/c1-11(2)26-17-13(20)6-7-16(21-17)22-9-12-8-15(19(3,4)5)23(18(24)25)14(12)10-22/h6-7,11-12,14-15H,8-10,20H2,1-5H3,(H,24,25)/t12-,14+,15?/m0/s1. The summed E-state index contributed by atoms with van der Waals surface area (Å²) in [6.07, 6.45) is 0.0582. The van der Waals surface area contributed by atoms with E-state index in [1.54, 1.807) is 11.0 Å². The highest BCUT2D eigenvalue weighted by Gasteiger charge is 2.52. The number of carboxylic acid groups (broad SMARTS) is 1. The summed E-state index contributed by atoms with van der Waals surface area (Å²) in [5.74, 6) is 1.56. The lowest BCUT2D eigenvalue weighted by molar-refractivity contribution is 0.0888. The molecule has 0 aromatic carbocycles. The van der Waals surface area contributed by atoms with E-state index in [4.69, 9.17) is 10.5 Å². The monoisotopic (exact) mass is 362 g/mol. The summed E-state index contributed by atoms with van der Waals surface area (Å²) in [5, 5.41) is 9.79. The Bertz CT molecular complexity index is 686. The summed E-state index contributed by atoms with van der Waals surface area (Å²) in [6, 6.07) is 3.75. The van der Waals surface area contributed by atoms with Gasteiger partial charge in [-0.05, 0) is 37.8 Å². The second kappa shape index (κ2) is 6.52. The number of nitrogens with two attached hydrogens (primary N) is 1. The molecule has 0 radical (unpaired) electrons. The third-order valence-electron chi connectivity index (χ3n) is 5.39. The molecule has 2 saturated heterocycles. The number of aromatic nitrogens is 1. The van der Waals surface area contributed by atoms with Crippen LogP contribution in [0, 0.1) is 11.3 Å². The number of amides is 1. The van der Waals surface area contributed by atoms with Crippen LogP contribution in [0.15, 0.2) is 12.1 Å². The van der Waals surface area contributed by atoms with Crippen LogP contribution in [0.2, 0.25) is 0 Å². The Hall–Kier alpha value is -2.18. The molecule has 144 valence electrons. The molecule has 3 atom stereocenters. The second-order valence-corrected chi connectivity index (χ2v) is 8.77. The summed E-state index contributed by atoms with van der Waals surface area (Å²) in [4.78, 5) is 20.3. The molecule has 0 aliphatic carbocycles. The van der Waals surface area contributed by atoms with Crippen LogP contribution >= 0.6 is 0 Å². The molecule has 1 aromatic heterocycles. The topological polar surface area (TPSA) is 91.9 Å². The van der Waals surface area contributed by atoms with Crippen molar-refractivity contribution in [3.8, 4) is 5.88 Å². The van der Waals surface area contributed by atoms with Crippen LogP contribution < -0.4 is 15.4 Å². The lowest BCUT2D eigenvalue weighted by Gasteiger charge is -2.36. The highest BCUT2D eigenvalue weighted by Crippen LogP contribution is 2.43. The van der Waals surface area contributed by atoms with E-state index in [2.05, 4.69) is 30.7 Å². The number of anilines is 2. The fraction of sp³-hybridized carbons (Fsp3) is 0.684. The van der Waals surface area contributed by atoms with Gasteiger partial charge in [-0.1, -0.05) is 20.8 Å². The zero-order chi connectivity index (χ0) is 19.2. The van der Waals surface area contributed by atoms with Gasteiger partial charge >= 0.3 is 6.09 Å². The zero-order valence-electron chi connectivity index (χ0n) is 16.3. The molecule has 1 unspecified atom stereocenters. The maximum Gasteiger partial charge on any atom is 0.407 e. The normalized spacial score (nSPS) is 25.7. The Morgan fingerprint density at radius 1 is 1.35 bits per heavy atom. The summed E-state index contributed by atoms with van der Waals surface area (Å²) in [6.45, 7) is 11.7. The molecule has 7 heteroatoms. The smallest absolute Gasteiger partial charge is 0.407 e. The minimum absolute atomic E-state index is 0.00513. The minimum atomic E-state index is -0.826. The van der Waals surface area contributed by atoms with Crippen LogP contribution in [-0.2, 0) is 0 Å². The first kappa shape index (κ1) is 18.6. The molecule has 0 spiro atoms. The van der Waals surface area contributed by atoms with Crippen molar-refractivity contribution in [2.75, 3.05) is 23.7 Å². The number of rotatable bonds is 3. The van der Waals surface area contributed by atoms with Gasteiger partial charge < -0.3 is 20.5 Å². The van der Waals surface area contributed by atoms with Crippen molar-refractivity contribution in [3.63, 3.8) is 0 Å². The third kappa shape index (κ3) is 3.39. The molecule has 26 heavy (non-hydrogen) atoms. The summed E-state index contributed by atoms with van der Waals surface area (Å²) in [7, 11) is 0. The molecule has 1 amide bonds. The van der Waals surface area contributed by atoms with Crippen LogP contribution in [0.1, 0.15) is 41.0 Å². The number of nitrogen functional groups attached to an aromatic ring is 1. The van der Waals surface area contributed by atoms with Gasteiger partial charge in [0.1, 0.15) is 5.82 Å². The Labute approximate surface area is 155 Å². The van der Waals surface area contributed by atoms with Crippen molar-refractivity contribution in [3.05, 3.63) is 12.1 Å². The lowest BCUT2D eigenvalue weighted by atomic mass is 9.84. The summed E-state index contributed by atoms with van der Waals surface area (Å²) >= 11 is 0. The van der Waals surface area contributed by atoms with E-state index in [0.717, 1.165) is 18.8 Å². The van der Waals surface area contributed by atoms with Gasteiger partial charge in [0.25, 0.3) is 0 Å². The molecular weight excluding hydrogens is 332 g/mol. The number of hydrogen-bond acceptors (Lipinski definition) is 5. The van der Waals surface area contributed by atoms with Crippen molar-refractivity contribution in [2.24, 2.45) is 11.3 Å². The largest absolute Gasteiger partial charge is 0.473 e. The highest BCUT2D eigenvalue weighted by molar-refractivity contribution is 5.67. The number of likely N-dealkylation sites (tertiary alicyclic amines) is 1. The van der Waals surface area contributed by atoms with Gasteiger partial charge in [0, 0.05) is 25.0 Å². The molecule has 2 aliphatic rings. The molecule has 0 saturated carbocycles. The van der Waals surface area contributed by atoms with Gasteiger partial charge in [-0.3, -0.25) is 4.90 Å². The maximum atomic E-state index is 11.9. The van der Waals surface area contributed by atoms with E-state index in [9.17, 15) is 9.90 Å². The van der Waals surface area contributed by atoms with Crippen LogP contribution in [0.25, 0.3) is 0 Å². The van der Waals surface area contributed by atoms with Gasteiger partial charge in [-0.15, -0.1) is 0 Å². The zero-order valence-corrected chi connectivity index (χ0v) is 16.3.